The Balaban J connectivity index is 2.28. The van der Waals surface area contributed by atoms with E-state index in [0.29, 0.717) is 16.3 Å². The van der Waals surface area contributed by atoms with Gasteiger partial charge in [0.05, 0.1) is 22.2 Å². The molecule has 2 rings (SSSR count). The third-order valence-corrected chi connectivity index (χ3v) is 5.93. The lowest BCUT2D eigenvalue weighted by atomic mass is 10.1. The molecule has 0 bridgehead atoms. The van der Waals surface area contributed by atoms with Crippen molar-refractivity contribution in [2.24, 2.45) is 0 Å². The Morgan fingerprint density at radius 2 is 2.05 bits per heavy atom. The van der Waals surface area contributed by atoms with Crippen molar-refractivity contribution in [2.75, 3.05) is 0 Å². The molecule has 1 N–H and O–H groups in total. The quantitative estimate of drug-likeness (QED) is 0.837. The van der Waals surface area contributed by atoms with Gasteiger partial charge < -0.3 is 0 Å². The molecule has 1 heterocycles. The molecule has 0 aliphatic carbocycles. The van der Waals surface area contributed by atoms with E-state index in [2.05, 4.69) is 15.0 Å². The summed E-state index contributed by atoms with van der Waals surface area (Å²) in [6.07, 6.45) is 6.30. The predicted octanol–water partition coefficient (Wildman–Crippen LogP) is 3.38. The molecule has 0 aliphatic heterocycles. The van der Waals surface area contributed by atoms with Crippen molar-refractivity contribution in [2.45, 2.75) is 31.2 Å². The molecule has 0 amide bonds. The molecule has 0 saturated carbocycles. The first-order chi connectivity index (χ1) is 10.4. The van der Waals surface area contributed by atoms with Crippen LogP contribution in [0.4, 0.5) is 0 Å². The van der Waals surface area contributed by atoms with Gasteiger partial charge in [-0.15, -0.1) is 6.42 Å². The van der Waals surface area contributed by atoms with Crippen molar-refractivity contribution in [3.63, 3.8) is 0 Å². The van der Waals surface area contributed by atoms with Crippen LogP contribution in [0.5, 0.6) is 0 Å². The second kappa shape index (κ2) is 6.80. The van der Waals surface area contributed by atoms with E-state index in [1.165, 1.54) is 35.8 Å². The molecule has 0 fully saturated rings. The van der Waals surface area contributed by atoms with Crippen LogP contribution in [0, 0.1) is 12.3 Å². The zero-order chi connectivity index (χ0) is 16.3. The van der Waals surface area contributed by atoms with Gasteiger partial charge >= 0.3 is 0 Å². The van der Waals surface area contributed by atoms with Gasteiger partial charge in [0.15, 0.2) is 0 Å². The summed E-state index contributed by atoms with van der Waals surface area (Å²) in [6, 6.07) is 5.47. The maximum absolute atomic E-state index is 12.4. The van der Waals surface area contributed by atoms with E-state index in [9.17, 15) is 8.42 Å². The minimum absolute atomic E-state index is 0.150. The number of nitrogens with one attached hydrogen (secondary N) is 1. The summed E-state index contributed by atoms with van der Waals surface area (Å²) < 4.78 is 31.6. The minimum Gasteiger partial charge on any atom is -0.207 e. The van der Waals surface area contributed by atoms with Gasteiger partial charge in [-0.05, 0) is 49.1 Å². The highest BCUT2D eigenvalue weighted by Crippen LogP contribution is 2.25. The molecule has 2 aromatic rings. The van der Waals surface area contributed by atoms with Gasteiger partial charge in [-0.3, -0.25) is 0 Å². The summed E-state index contributed by atoms with van der Waals surface area (Å²) in [6.45, 7) is 3.71. The van der Waals surface area contributed by atoms with Crippen LogP contribution >= 0.6 is 23.1 Å². The largest absolute Gasteiger partial charge is 0.241 e. The molecule has 0 aliphatic rings. The summed E-state index contributed by atoms with van der Waals surface area (Å²) in [5.74, 6) is 2.60. The summed E-state index contributed by atoms with van der Waals surface area (Å²) >= 11 is 7.08. The van der Waals surface area contributed by atoms with Crippen molar-refractivity contribution < 1.29 is 8.42 Å². The summed E-state index contributed by atoms with van der Waals surface area (Å²) in [5, 5.41) is 0.480. The molecule has 116 valence electrons. The van der Waals surface area contributed by atoms with Gasteiger partial charge in [-0.1, -0.05) is 24.4 Å². The number of benzene rings is 1. The van der Waals surface area contributed by atoms with Gasteiger partial charge in [0, 0.05) is 9.90 Å². The molecule has 1 aromatic heterocycles. The van der Waals surface area contributed by atoms with Gasteiger partial charge in [-0.25, -0.2) is 13.1 Å². The molecule has 1 aromatic carbocycles. The van der Waals surface area contributed by atoms with Crippen LogP contribution in [0.15, 0.2) is 29.2 Å². The average Bonchev–Trinajstić information content (AvgIpc) is 2.90. The number of nitrogens with zero attached hydrogens (tertiary/aromatic N) is 1. The van der Waals surface area contributed by atoms with Crippen LogP contribution in [-0.4, -0.2) is 12.8 Å². The molecule has 0 radical (unpaired) electrons. The number of hydrogen-bond donors (Lipinski definition) is 1. The van der Waals surface area contributed by atoms with Gasteiger partial charge in [0.2, 0.25) is 10.0 Å². The highest BCUT2D eigenvalue weighted by molar-refractivity contribution is 7.89. The summed E-state index contributed by atoms with van der Waals surface area (Å²) in [7, 11) is -3.66. The first-order valence-electron chi connectivity index (χ1n) is 6.62. The fourth-order valence-corrected chi connectivity index (χ4v) is 4.18. The van der Waals surface area contributed by atoms with E-state index in [0.717, 1.165) is 11.3 Å². The Hall–Kier alpha value is -1.39. The molecular formula is C15H15ClN2O2S2. The third kappa shape index (κ3) is 3.50. The van der Waals surface area contributed by atoms with E-state index < -0.39 is 16.1 Å². The van der Waals surface area contributed by atoms with E-state index in [-0.39, 0.29) is 4.90 Å². The van der Waals surface area contributed by atoms with E-state index in [1.807, 2.05) is 6.92 Å². The molecule has 7 heteroatoms. The van der Waals surface area contributed by atoms with Crippen molar-refractivity contribution in [3.8, 4) is 12.3 Å². The monoisotopic (exact) mass is 354 g/mol. The Bertz CT molecular complexity index is 805. The Kier molecular flexibility index (Phi) is 5.24. The van der Waals surface area contributed by atoms with Gasteiger partial charge in [-0.2, -0.15) is 4.37 Å². The number of aromatic nitrogens is 1. The molecule has 1 unspecified atom stereocenters. The second-order valence-electron chi connectivity index (χ2n) is 4.66. The zero-order valence-electron chi connectivity index (χ0n) is 12.1. The van der Waals surface area contributed by atoms with Gasteiger partial charge in [0.25, 0.3) is 0 Å². The predicted molar refractivity (Wildman–Crippen MR) is 89.6 cm³/mol. The lowest BCUT2D eigenvalue weighted by Crippen LogP contribution is -2.27. The van der Waals surface area contributed by atoms with Crippen LogP contribution in [-0.2, 0) is 16.4 Å². The third-order valence-electron chi connectivity index (χ3n) is 3.12. The van der Waals surface area contributed by atoms with E-state index in [1.54, 1.807) is 6.92 Å². The SMILES string of the molecule is C#Cc1c(C(C)NS(=O)(=O)c2ccc(Cl)cc2)nsc1CC. The lowest BCUT2D eigenvalue weighted by molar-refractivity contribution is 0.564. The van der Waals surface area contributed by atoms with Gasteiger partial charge in [0.1, 0.15) is 0 Å². The number of rotatable bonds is 5. The fourth-order valence-electron chi connectivity index (χ4n) is 2.00. The van der Waals surface area contributed by atoms with Crippen molar-refractivity contribution in [1.29, 1.82) is 0 Å². The highest BCUT2D eigenvalue weighted by Gasteiger charge is 2.23. The second-order valence-corrected chi connectivity index (χ2v) is 7.67. The van der Waals surface area contributed by atoms with Crippen LogP contribution in [0.1, 0.15) is 36.0 Å². The lowest BCUT2D eigenvalue weighted by Gasteiger charge is -2.13. The normalized spacial score (nSPS) is 12.8. The summed E-state index contributed by atoms with van der Waals surface area (Å²) in [5.41, 5.74) is 1.26. The smallest absolute Gasteiger partial charge is 0.207 e. The summed E-state index contributed by atoms with van der Waals surface area (Å²) in [4.78, 5) is 1.13. The number of halogens is 1. The van der Waals surface area contributed by atoms with E-state index >= 15 is 0 Å². The maximum atomic E-state index is 12.4. The molecule has 0 saturated heterocycles. The Morgan fingerprint density at radius 1 is 1.41 bits per heavy atom. The van der Waals surface area contributed by atoms with Crippen molar-refractivity contribution in [1.82, 2.24) is 9.10 Å². The van der Waals surface area contributed by atoms with Crippen LogP contribution in [0.25, 0.3) is 0 Å². The zero-order valence-corrected chi connectivity index (χ0v) is 14.5. The number of aryl methyl sites for hydroxylation is 1. The van der Waals surface area contributed by atoms with Crippen LogP contribution in [0.2, 0.25) is 5.02 Å². The highest BCUT2D eigenvalue weighted by atomic mass is 35.5. The minimum atomic E-state index is -3.66. The molecular weight excluding hydrogens is 340 g/mol. The van der Waals surface area contributed by atoms with Crippen LogP contribution in [0.3, 0.4) is 0 Å². The van der Waals surface area contributed by atoms with Crippen molar-refractivity contribution in [3.05, 3.63) is 45.4 Å². The first kappa shape index (κ1) is 17.0. The average molecular weight is 355 g/mol. The number of sulfonamides is 1. The number of terminal acetylenes is 1. The fraction of sp³-hybridized carbons (Fsp3) is 0.267. The maximum Gasteiger partial charge on any atom is 0.241 e. The molecule has 0 spiro atoms. The molecule has 1 atom stereocenters. The van der Waals surface area contributed by atoms with Crippen LogP contribution < -0.4 is 4.72 Å². The molecule has 22 heavy (non-hydrogen) atoms. The van der Waals surface area contributed by atoms with E-state index in [4.69, 9.17) is 18.0 Å². The number of hydrogen-bond acceptors (Lipinski definition) is 4. The first-order valence-corrected chi connectivity index (χ1v) is 9.25. The van der Waals surface area contributed by atoms with Crippen molar-refractivity contribution >= 4 is 33.2 Å². The topological polar surface area (TPSA) is 59.1 Å². The Labute approximate surface area is 139 Å². The molecule has 4 nitrogen and oxygen atoms in total. The standard InChI is InChI=1S/C15H15ClN2O2S2/c1-4-13-14(5-2)21-17-15(13)10(3)18-22(19,20)12-8-6-11(16)7-9-12/h1,6-10,18H,5H2,2-3H3. The Morgan fingerprint density at radius 3 is 2.59 bits per heavy atom.